The van der Waals surface area contributed by atoms with E-state index in [2.05, 4.69) is 25.7 Å². The molecule has 1 aliphatic rings. The van der Waals surface area contributed by atoms with E-state index in [0.29, 0.717) is 18.5 Å². The van der Waals surface area contributed by atoms with Gasteiger partial charge in [-0.15, -0.1) is 0 Å². The Balaban J connectivity index is 2.33. The minimum absolute atomic E-state index is 0.406. The lowest BCUT2D eigenvalue weighted by Gasteiger charge is -2.29. The Hall–Kier alpha value is -0.570. The van der Waals surface area contributed by atoms with E-state index >= 15 is 0 Å². The zero-order chi connectivity index (χ0) is 13.3. The van der Waals surface area contributed by atoms with Crippen molar-refractivity contribution in [2.45, 2.75) is 45.3 Å². The van der Waals surface area contributed by atoms with Crippen LogP contribution >= 0.6 is 11.6 Å². The average Bonchev–Trinajstić information content (AvgIpc) is 2.47. The molecule has 1 aliphatic heterocycles. The zero-order valence-electron chi connectivity index (χ0n) is 11.4. The summed E-state index contributed by atoms with van der Waals surface area (Å²) in [5.74, 6) is 0.407. The predicted molar refractivity (Wildman–Crippen MR) is 76.2 cm³/mol. The van der Waals surface area contributed by atoms with Crippen LogP contribution in [0.25, 0.3) is 0 Å². The number of aliphatic hydroxyl groups excluding tert-OH is 1. The predicted octanol–water partition coefficient (Wildman–Crippen LogP) is 3.59. The normalized spacial score (nSPS) is 26.5. The molecule has 1 heterocycles. The van der Waals surface area contributed by atoms with Crippen molar-refractivity contribution in [2.75, 3.05) is 13.1 Å². The van der Waals surface area contributed by atoms with Crippen LogP contribution in [0, 0.1) is 0 Å². The third kappa shape index (κ3) is 2.71. The molecular formula is C15H22ClNO. The molecule has 0 aromatic heterocycles. The van der Waals surface area contributed by atoms with Gasteiger partial charge in [-0.05, 0) is 42.5 Å². The van der Waals surface area contributed by atoms with Gasteiger partial charge in [-0.25, -0.2) is 0 Å². The van der Waals surface area contributed by atoms with Crippen LogP contribution in [0.3, 0.4) is 0 Å². The fourth-order valence-corrected chi connectivity index (χ4v) is 2.92. The summed E-state index contributed by atoms with van der Waals surface area (Å²) in [7, 11) is 0. The second-order valence-electron chi connectivity index (χ2n) is 5.40. The maximum atomic E-state index is 10.4. The van der Waals surface area contributed by atoms with Crippen molar-refractivity contribution in [2.24, 2.45) is 0 Å². The van der Waals surface area contributed by atoms with Gasteiger partial charge in [0.05, 0.1) is 6.10 Å². The Morgan fingerprint density at radius 2 is 2.11 bits per heavy atom. The van der Waals surface area contributed by atoms with Gasteiger partial charge in [-0.2, -0.15) is 0 Å². The molecule has 0 saturated heterocycles. The van der Waals surface area contributed by atoms with Gasteiger partial charge < -0.3 is 5.11 Å². The van der Waals surface area contributed by atoms with E-state index in [1.165, 1.54) is 5.56 Å². The lowest BCUT2D eigenvalue weighted by molar-refractivity contribution is 0.0946. The third-order valence-electron chi connectivity index (χ3n) is 4.07. The number of fused-ring (bicyclic) bond motifs is 1. The van der Waals surface area contributed by atoms with Crippen LogP contribution in [0.2, 0.25) is 5.02 Å². The maximum Gasteiger partial charge on any atom is 0.0919 e. The summed E-state index contributed by atoms with van der Waals surface area (Å²) in [6.07, 6.45) is 0.701. The quantitative estimate of drug-likeness (QED) is 0.885. The molecule has 3 heteroatoms. The second kappa shape index (κ2) is 5.60. The summed E-state index contributed by atoms with van der Waals surface area (Å²) >= 11 is 6.07. The van der Waals surface area contributed by atoms with Crippen molar-refractivity contribution >= 4 is 11.6 Å². The largest absolute Gasteiger partial charge is 0.387 e. The molecule has 2 nitrogen and oxygen atoms in total. The van der Waals surface area contributed by atoms with Gasteiger partial charge in [-0.3, -0.25) is 4.90 Å². The Labute approximate surface area is 115 Å². The van der Waals surface area contributed by atoms with Gasteiger partial charge in [0.1, 0.15) is 0 Å². The lowest BCUT2D eigenvalue weighted by Crippen LogP contribution is -2.36. The topological polar surface area (TPSA) is 23.5 Å². The molecule has 1 aromatic rings. The maximum absolute atomic E-state index is 10.4. The van der Waals surface area contributed by atoms with Crippen molar-refractivity contribution in [3.63, 3.8) is 0 Å². The van der Waals surface area contributed by atoms with E-state index in [1.807, 2.05) is 18.2 Å². The summed E-state index contributed by atoms with van der Waals surface area (Å²) in [4.78, 5) is 2.38. The first kappa shape index (κ1) is 13.9. The highest BCUT2D eigenvalue weighted by molar-refractivity contribution is 6.30. The molecule has 0 amide bonds. The van der Waals surface area contributed by atoms with E-state index in [9.17, 15) is 5.11 Å². The van der Waals surface area contributed by atoms with Crippen molar-refractivity contribution in [3.05, 3.63) is 34.3 Å². The Kier molecular flexibility index (Phi) is 4.31. The third-order valence-corrected chi connectivity index (χ3v) is 4.30. The highest BCUT2D eigenvalue weighted by atomic mass is 35.5. The molecule has 0 aliphatic carbocycles. The number of halogens is 1. The number of aliphatic hydroxyl groups is 1. The standard InChI is InChI=1S/C15H22ClNO/c1-4-11(3)17-8-10(2)14-7-12(16)5-6-13(14)15(18)9-17/h5-7,10-11,15,18H,4,8-9H2,1-3H3. The fraction of sp³-hybridized carbons (Fsp3) is 0.600. The molecule has 0 bridgehead atoms. The summed E-state index contributed by atoms with van der Waals surface area (Å²) in [5.41, 5.74) is 2.23. The van der Waals surface area contributed by atoms with Crippen molar-refractivity contribution in [1.29, 1.82) is 0 Å². The van der Waals surface area contributed by atoms with Gasteiger partial charge in [0.2, 0.25) is 0 Å². The van der Waals surface area contributed by atoms with E-state index < -0.39 is 6.10 Å². The molecule has 1 N–H and O–H groups in total. The van der Waals surface area contributed by atoms with Crippen LogP contribution in [0.4, 0.5) is 0 Å². The number of β-amino-alcohol motifs (C(OH)–C–C–N with tert-alkyl or cyclic N) is 1. The Morgan fingerprint density at radius 1 is 1.39 bits per heavy atom. The summed E-state index contributed by atoms with van der Waals surface area (Å²) in [6.45, 7) is 8.33. The first-order chi connectivity index (χ1) is 8.52. The molecule has 3 atom stereocenters. The van der Waals surface area contributed by atoms with E-state index in [1.54, 1.807) is 0 Å². The van der Waals surface area contributed by atoms with E-state index in [-0.39, 0.29) is 0 Å². The van der Waals surface area contributed by atoms with Crippen LogP contribution in [0.1, 0.15) is 50.3 Å². The molecular weight excluding hydrogens is 246 g/mol. The minimum Gasteiger partial charge on any atom is -0.387 e. The first-order valence-electron chi connectivity index (χ1n) is 6.74. The molecule has 0 radical (unpaired) electrons. The minimum atomic E-state index is -0.406. The lowest BCUT2D eigenvalue weighted by atomic mass is 9.94. The SMILES string of the molecule is CCC(C)N1CC(C)c2cc(Cl)ccc2C(O)C1. The number of hydrogen-bond acceptors (Lipinski definition) is 2. The van der Waals surface area contributed by atoms with Gasteiger partial charge in [0.15, 0.2) is 0 Å². The number of hydrogen-bond donors (Lipinski definition) is 1. The summed E-state index contributed by atoms with van der Waals surface area (Å²) in [5, 5.41) is 11.1. The Bertz CT molecular complexity index is 421. The van der Waals surface area contributed by atoms with Gasteiger partial charge in [0.25, 0.3) is 0 Å². The molecule has 100 valence electrons. The number of nitrogens with zero attached hydrogens (tertiary/aromatic N) is 1. The fourth-order valence-electron chi connectivity index (χ4n) is 2.74. The molecule has 3 unspecified atom stereocenters. The number of benzene rings is 1. The van der Waals surface area contributed by atoms with Crippen LogP contribution in [-0.2, 0) is 0 Å². The number of rotatable bonds is 2. The van der Waals surface area contributed by atoms with Crippen molar-refractivity contribution in [1.82, 2.24) is 4.90 Å². The van der Waals surface area contributed by atoms with Crippen LogP contribution in [0.15, 0.2) is 18.2 Å². The van der Waals surface area contributed by atoms with Gasteiger partial charge in [0, 0.05) is 24.2 Å². The average molecular weight is 268 g/mol. The molecule has 0 saturated carbocycles. The van der Waals surface area contributed by atoms with Gasteiger partial charge in [-0.1, -0.05) is 31.5 Å². The van der Waals surface area contributed by atoms with Crippen molar-refractivity contribution in [3.8, 4) is 0 Å². The monoisotopic (exact) mass is 267 g/mol. The van der Waals surface area contributed by atoms with E-state index in [4.69, 9.17) is 11.6 Å². The second-order valence-corrected chi connectivity index (χ2v) is 5.84. The summed E-state index contributed by atoms with van der Waals surface area (Å²) in [6, 6.07) is 6.35. The summed E-state index contributed by atoms with van der Waals surface area (Å²) < 4.78 is 0. The highest BCUT2D eigenvalue weighted by Gasteiger charge is 2.27. The van der Waals surface area contributed by atoms with Crippen LogP contribution in [0.5, 0.6) is 0 Å². The van der Waals surface area contributed by atoms with Gasteiger partial charge >= 0.3 is 0 Å². The van der Waals surface area contributed by atoms with Crippen molar-refractivity contribution < 1.29 is 5.11 Å². The zero-order valence-corrected chi connectivity index (χ0v) is 12.1. The van der Waals surface area contributed by atoms with Crippen LogP contribution < -0.4 is 0 Å². The first-order valence-corrected chi connectivity index (χ1v) is 7.12. The molecule has 1 aromatic carbocycles. The van der Waals surface area contributed by atoms with E-state index in [0.717, 1.165) is 23.6 Å². The smallest absolute Gasteiger partial charge is 0.0919 e. The van der Waals surface area contributed by atoms with Crippen LogP contribution in [-0.4, -0.2) is 29.1 Å². The Morgan fingerprint density at radius 3 is 2.78 bits per heavy atom. The molecule has 2 rings (SSSR count). The highest BCUT2D eigenvalue weighted by Crippen LogP contribution is 2.33. The molecule has 0 fully saturated rings. The molecule has 0 spiro atoms. The molecule has 18 heavy (non-hydrogen) atoms.